The number of nitrogens with zero attached hydrogens (tertiary/aromatic N) is 3. The predicted octanol–water partition coefficient (Wildman–Crippen LogP) is 3.73. The maximum atomic E-state index is 12.6. The molecule has 7 heteroatoms. The minimum absolute atomic E-state index is 0.183. The van der Waals surface area contributed by atoms with Gasteiger partial charge in [-0.05, 0) is 43.9 Å². The van der Waals surface area contributed by atoms with Gasteiger partial charge in [0.1, 0.15) is 0 Å². The lowest BCUT2D eigenvalue weighted by atomic mass is 9.91. The molecule has 0 bridgehead atoms. The lowest BCUT2D eigenvalue weighted by Crippen LogP contribution is -2.50. The summed E-state index contributed by atoms with van der Waals surface area (Å²) in [7, 11) is 0. The normalized spacial score (nSPS) is 17.8. The highest BCUT2D eigenvalue weighted by atomic mass is 35.5. The highest BCUT2D eigenvalue weighted by Gasteiger charge is 2.39. The number of benzene rings is 1. The van der Waals surface area contributed by atoms with E-state index in [4.69, 9.17) is 11.6 Å². The van der Waals surface area contributed by atoms with E-state index in [1.54, 1.807) is 30.4 Å². The van der Waals surface area contributed by atoms with Gasteiger partial charge in [-0.15, -0.1) is 0 Å². The second kappa shape index (κ2) is 10.1. The van der Waals surface area contributed by atoms with Gasteiger partial charge in [-0.2, -0.15) is 0 Å². The molecule has 1 saturated carbocycles. The van der Waals surface area contributed by atoms with Crippen LogP contribution in [0.3, 0.4) is 0 Å². The molecule has 1 amide bonds. The van der Waals surface area contributed by atoms with Crippen LogP contribution in [0, 0.1) is 5.92 Å². The summed E-state index contributed by atoms with van der Waals surface area (Å²) < 4.78 is 1.45. The molecule has 1 N–H and O–H groups in total. The Morgan fingerprint density at radius 1 is 1.23 bits per heavy atom. The lowest BCUT2D eigenvalue weighted by molar-refractivity contribution is -0.137. The third-order valence-electron chi connectivity index (χ3n) is 5.57. The van der Waals surface area contributed by atoms with Gasteiger partial charge in [0.05, 0.1) is 29.4 Å². The summed E-state index contributed by atoms with van der Waals surface area (Å²) in [5.41, 5.74) is -0.636. The largest absolute Gasteiger partial charge is 0.388 e. The zero-order chi connectivity index (χ0) is 22.4. The van der Waals surface area contributed by atoms with Crippen LogP contribution < -0.4 is 5.56 Å². The van der Waals surface area contributed by atoms with Crippen molar-refractivity contribution in [1.29, 1.82) is 0 Å². The van der Waals surface area contributed by atoms with Crippen molar-refractivity contribution in [2.24, 2.45) is 5.92 Å². The fraction of sp³-hybridized carbons (Fsp3) is 0.375. The Hall–Kier alpha value is -2.70. The van der Waals surface area contributed by atoms with Gasteiger partial charge in [-0.1, -0.05) is 49.1 Å². The number of likely N-dealkylation sites (tertiary alicyclic amines) is 1. The molecule has 0 unspecified atom stereocenters. The van der Waals surface area contributed by atoms with E-state index in [-0.39, 0.29) is 23.9 Å². The molecule has 2 aliphatic rings. The molecule has 1 aliphatic heterocycles. The van der Waals surface area contributed by atoms with Crippen LogP contribution in [0.4, 0.5) is 0 Å². The topological polar surface area (TPSA) is 75.4 Å². The first-order valence-electron chi connectivity index (χ1n) is 10.4. The van der Waals surface area contributed by atoms with Crippen LogP contribution in [0.25, 0.3) is 10.9 Å². The zero-order valence-corrected chi connectivity index (χ0v) is 18.3. The number of piperidine rings is 1. The van der Waals surface area contributed by atoms with E-state index in [1.807, 2.05) is 17.1 Å². The first kappa shape index (κ1) is 23.0. The van der Waals surface area contributed by atoms with Crippen molar-refractivity contribution in [3.63, 3.8) is 0 Å². The molecule has 1 aromatic heterocycles. The summed E-state index contributed by atoms with van der Waals surface area (Å²) in [6, 6.07) is 4.97. The predicted molar refractivity (Wildman–Crippen MR) is 124 cm³/mol. The van der Waals surface area contributed by atoms with E-state index in [2.05, 4.69) is 18.1 Å². The molecule has 2 aromatic rings. The summed E-state index contributed by atoms with van der Waals surface area (Å²) in [5.74, 6) is 0.411. The van der Waals surface area contributed by atoms with Gasteiger partial charge in [-0.25, -0.2) is 4.98 Å². The molecule has 4 rings (SSSR count). The van der Waals surface area contributed by atoms with Crippen molar-refractivity contribution >= 4 is 28.4 Å². The average molecular weight is 442 g/mol. The smallest absolute Gasteiger partial charge is 0.261 e. The van der Waals surface area contributed by atoms with Gasteiger partial charge in [0.15, 0.2) is 0 Å². The van der Waals surface area contributed by atoms with Gasteiger partial charge in [-0.3, -0.25) is 14.2 Å². The van der Waals surface area contributed by atoms with Gasteiger partial charge in [0.2, 0.25) is 5.91 Å². The summed E-state index contributed by atoms with van der Waals surface area (Å²) >= 11 is 5.93. The van der Waals surface area contributed by atoms with E-state index >= 15 is 0 Å². The Morgan fingerprint density at radius 2 is 1.87 bits per heavy atom. The minimum Gasteiger partial charge on any atom is -0.388 e. The number of aliphatic hydroxyl groups is 1. The Bertz CT molecular complexity index is 1040. The van der Waals surface area contributed by atoms with Crippen molar-refractivity contribution in [2.75, 3.05) is 13.1 Å². The van der Waals surface area contributed by atoms with Crippen molar-refractivity contribution in [3.05, 3.63) is 77.4 Å². The fourth-order valence-electron chi connectivity index (χ4n) is 3.61. The van der Waals surface area contributed by atoms with Crippen LogP contribution >= 0.6 is 11.6 Å². The molecule has 6 nitrogen and oxygen atoms in total. The Kier molecular flexibility index (Phi) is 7.46. The molecular formula is C24H28ClN3O3. The molecule has 0 atom stereocenters. The number of carbonyl (C=O) groups is 1. The summed E-state index contributed by atoms with van der Waals surface area (Å²) in [6.07, 6.45) is 11.4. The molecule has 1 aromatic carbocycles. The quantitative estimate of drug-likeness (QED) is 0.717. The van der Waals surface area contributed by atoms with Crippen molar-refractivity contribution in [2.45, 2.75) is 37.8 Å². The molecule has 2 heterocycles. The highest BCUT2D eigenvalue weighted by Crippen LogP contribution is 2.33. The third-order valence-corrected chi connectivity index (χ3v) is 5.80. The second-order valence-electron chi connectivity index (χ2n) is 8.02. The average Bonchev–Trinajstić information content (AvgIpc) is 3.60. The Balaban J connectivity index is 0.000000401. The number of hydrogen-bond acceptors (Lipinski definition) is 4. The van der Waals surface area contributed by atoms with E-state index in [0.717, 1.165) is 12.8 Å². The molecule has 2 fully saturated rings. The molecule has 1 aliphatic carbocycles. The number of rotatable bonds is 5. The first-order chi connectivity index (χ1) is 14.9. The van der Waals surface area contributed by atoms with Crippen LogP contribution in [-0.4, -0.2) is 44.2 Å². The molecular weight excluding hydrogens is 414 g/mol. The van der Waals surface area contributed by atoms with Gasteiger partial charge < -0.3 is 10.0 Å². The number of allylic oxidation sites excluding steroid dienone is 4. The second-order valence-corrected chi connectivity index (χ2v) is 8.46. The van der Waals surface area contributed by atoms with Crippen LogP contribution in [0.2, 0.25) is 5.02 Å². The van der Waals surface area contributed by atoms with E-state index in [9.17, 15) is 14.7 Å². The standard InChI is InChI=1S/C18H20ClN3O3.C6H8/c19-13-3-4-14-15(9-13)20-11-22(17(14)24)10-18(25)5-7-21(8-6-18)16(23)12-1-2-12;1-3-5-6-4-2/h3-4,9,11-12,25H,1-2,5-8,10H2;3-6H,1-2H2/b;6-5-. The Morgan fingerprint density at radius 3 is 2.45 bits per heavy atom. The summed E-state index contributed by atoms with van der Waals surface area (Å²) in [5, 5.41) is 11.9. The van der Waals surface area contributed by atoms with E-state index in [0.29, 0.717) is 41.9 Å². The SMILES string of the molecule is C=C/C=C\C=C.O=C(C1CC1)N1CCC(O)(Cn2cnc3cc(Cl)ccc3c2=O)CC1. The number of aromatic nitrogens is 2. The van der Waals surface area contributed by atoms with Crippen molar-refractivity contribution in [3.8, 4) is 0 Å². The maximum Gasteiger partial charge on any atom is 0.261 e. The maximum absolute atomic E-state index is 12.6. The van der Waals surface area contributed by atoms with Crippen LogP contribution in [-0.2, 0) is 11.3 Å². The van der Waals surface area contributed by atoms with E-state index in [1.165, 1.54) is 10.9 Å². The van der Waals surface area contributed by atoms with Crippen molar-refractivity contribution < 1.29 is 9.90 Å². The summed E-state index contributed by atoms with van der Waals surface area (Å²) in [4.78, 5) is 30.9. The number of carbonyl (C=O) groups excluding carboxylic acids is 1. The van der Waals surface area contributed by atoms with Gasteiger partial charge >= 0.3 is 0 Å². The molecule has 0 radical (unpaired) electrons. The molecule has 1 saturated heterocycles. The van der Waals surface area contributed by atoms with Crippen molar-refractivity contribution in [1.82, 2.24) is 14.5 Å². The van der Waals surface area contributed by atoms with Gasteiger partial charge in [0.25, 0.3) is 5.56 Å². The highest BCUT2D eigenvalue weighted by molar-refractivity contribution is 6.31. The summed E-state index contributed by atoms with van der Waals surface area (Å²) in [6.45, 7) is 8.19. The first-order valence-corrected chi connectivity index (χ1v) is 10.8. The molecule has 31 heavy (non-hydrogen) atoms. The number of fused-ring (bicyclic) bond motifs is 1. The minimum atomic E-state index is -0.994. The molecule has 164 valence electrons. The Labute approximate surface area is 187 Å². The van der Waals surface area contributed by atoms with Crippen LogP contribution in [0.15, 0.2) is 66.8 Å². The third kappa shape index (κ3) is 5.93. The van der Waals surface area contributed by atoms with Crippen LogP contribution in [0.1, 0.15) is 25.7 Å². The number of amides is 1. The number of hydrogen-bond donors (Lipinski definition) is 1. The van der Waals surface area contributed by atoms with Gasteiger partial charge in [0, 0.05) is 24.0 Å². The zero-order valence-electron chi connectivity index (χ0n) is 17.5. The van der Waals surface area contributed by atoms with Crippen LogP contribution in [0.5, 0.6) is 0 Å². The lowest BCUT2D eigenvalue weighted by Gasteiger charge is -2.38. The fourth-order valence-corrected chi connectivity index (χ4v) is 3.77. The van der Waals surface area contributed by atoms with E-state index < -0.39 is 5.60 Å². The monoisotopic (exact) mass is 441 g/mol. The molecule has 0 spiro atoms. The number of halogens is 1.